The lowest BCUT2D eigenvalue weighted by Crippen LogP contribution is -2.13. The molecule has 5 heteroatoms. The van der Waals surface area contributed by atoms with Crippen LogP contribution in [0.25, 0.3) is 0 Å². The van der Waals surface area contributed by atoms with E-state index in [1.54, 1.807) is 6.20 Å². The number of nitrogens with one attached hydrogen (secondary N) is 1. The summed E-state index contributed by atoms with van der Waals surface area (Å²) >= 11 is 1.50. The maximum absolute atomic E-state index is 11.8. The van der Waals surface area contributed by atoms with Crippen molar-refractivity contribution < 1.29 is 4.79 Å². The molecule has 0 radical (unpaired) electrons. The third-order valence-electron chi connectivity index (χ3n) is 3.69. The minimum Gasteiger partial charge on any atom is -0.302 e. The number of amides is 1. The lowest BCUT2D eigenvalue weighted by molar-refractivity contribution is -0.117. The van der Waals surface area contributed by atoms with E-state index in [9.17, 15) is 4.79 Å². The maximum Gasteiger partial charge on any atom is 0.229 e. The van der Waals surface area contributed by atoms with Crippen LogP contribution in [0.4, 0.5) is 5.13 Å². The molecule has 1 saturated carbocycles. The number of nitrogens with zero attached hydrogens (tertiary/aromatic N) is 2. The topological polar surface area (TPSA) is 65.8 Å². The third kappa shape index (κ3) is 3.29. The first-order valence-corrected chi connectivity index (χ1v) is 7.72. The van der Waals surface area contributed by atoms with Crippen molar-refractivity contribution in [3.05, 3.63) is 46.5 Å². The van der Waals surface area contributed by atoms with E-state index in [1.807, 2.05) is 24.3 Å². The van der Waals surface area contributed by atoms with Gasteiger partial charge in [-0.2, -0.15) is 5.26 Å². The zero-order valence-electron chi connectivity index (χ0n) is 11.7. The number of anilines is 1. The number of rotatable bonds is 4. The highest BCUT2D eigenvalue weighted by molar-refractivity contribution is 7.15. The van der Waals surface area contributed by atoms with E-state index in [0.29, 0.717) is 16.6 Å². The number of hydrogen-bond donors (Lipinski definition) is 1. The Morgan fingerprint density at radius 3 is 2.81 bits per heavy atom. The summed E-state index contributed by atoms with van der Waals surface area (Å²) in [5, 5.41) is 12.3. The molecule has 2 atom stereocenters. The Morgan fingerprint density at radius 1 is 1.48 bits per heavy atom. The summed E-state index contributed by atoms with van der Waals surface area (Å²) < 4.78 is 0. The van der Waals surface area contributed by atoms with E-state index in [2.05, 4.69) is 23.3 Å². The molecule has 1 heterocycles. The van der Waals surface area contributed by atoms with Gasteiger partial charge in [0.1, 0.15) is 0 Å². The SMILES string of the molecule is CC1CC1C(=O)Nc1ncc(Cc2ccc(C#N)cc2)s1. The molecule has 2 aromatic rings. The molecule has 1 N–H and O–H groups in total. The Morgan fingerprint density at radius 2 is 2.19 bits per heavy atom. The zero-order valence-corrected chi connectivity index (χ0v) is 12.5. The Hall–Kier alpha value is -2.19. The molecule has 1 aromatic carbocycles. The van der Waals surface area contributed by atoms with Crippen LogP contribution in [0.5, 0.6) is 0 Å². The standard InChI is InChI=1S/C16H15N3OS/c1-10-6-14(10)15(20)19-16-18-9-13(21-16)7-11-2-4-12(8-17)5-3-11/h2-5,9-10,14H,6-7H2,1H3,(H,18,19,20). The fourth-order valence-corrected chi connectivity index (χ4v) is 3.08. The predicted molar refractivity (Wildman–Crippen MR) is 82.0 cm³/mol. The van der Waals surface area contributed by atoms with Crippen LogP contribution in [0, 0.1) is 23.2 Å². The van der Waals surface area contributed by atoms with E-state index in [4.69, 9.17) is 5.26 Å². The molecule has 0 spiro atoms. The third-order valence-corrected chi connectivity index (χ3v) is 4.60. The van der Waals surface area contributed by atoms with Gasteiger partial charge < -0.3 is 5.32 Å². The monoisotopic (exact) mass is 297 g/mol. The van der Waals surface area contributed by atoms with Crippen LogP contribution in [0.2, 0.25) is 0 Å². The van der Waals surface area contributed by atoms with Crippen molar-refractivity contribution in [3.63, 3.8) is 0 Å². The Kier molecular flexibility index (Phi) is 3.72. The number of aromatic nitrogens is 1. The molecule has 0 bridgehead atoms. The lowest BCUT2D eigenvalue weighted by atomic mass is 10.1. The molecule has 1 amide bonds. The van der Waals surface area contributed by atoms with Crippen LogP contribution in [-0.2, 0) is 11.2 Å². The van der Waals surface area contributed by atoms with E-state index in [-0.39, 0.29) is 11.8 Å². The quantitative estimate of drug-likeness (QED) is 0.942. The lowest BCUT2D eigenvalue weighted by Gasteiger charge is -1.99. The van der Waals surface area contributed by atoms with Gasteiger partial charge in [-0.1, -0.05) is 19.1 Å². The molecule has 4 nitrogen and oxygen atoms in total. The molecule has 106 valence electrons. The molecular formula is C16H15N3OS. The van der Waals surface area contributed by atoms with Crippen LogP contribution in [-0.4, -0.2) is 10.9 Å². The second kappa shape index (κ2) is 5.66. The number of nitriles is 1. The molecule has 1 fully saturated rings. The van der Waals surface area contributed by atoms with Crippen molar-refractivity contribution in [2.45, 2.75) is 19.8 Å². The Bertz CT molecular complexity index is 699. The van der Waals surface area contributed by atoms with Crippen LogP contribution in [0.15, 0.2) is 30.5 Å². The van der Waals surface area contributed by atoms with Crippen molar-refractivity contribution in [3.8, 4) is 6.07 Å². The first-order chi connectivity index (χ1) is 10.2. The van der Waals surface area contributed by atoms with Crippen molar-refractivity contribution in [1.29, 1.82) is 5.26 Å². The zero-order chi connectivity index (χ0) is 14.8. The first-order valence-electron chi connectivity index (χ1n) is 6.90. The van der Waals surface area contributed by atoms with E-state index >= 15 is 0 Å². The second-order valence-corrected chi connectivity index (χ2v) is 6.54. The summed E-state index contributed by atoms with van der Waals surface area (Å²) in [6.07, 6.45) is 3.54. The fourth-order valence-electron chi connectivity index (χ4n) is 2.23. The van der Waals surface area contributed by atoms with Gasteiger partial charge in [-0.15, -0.1) is 11.3 Å². The van der Waals surface area contributed by atoms with Gasteiger partial charge in [-0.25, -0.2) is 4.98 Å². The highest BCUT2D eigenvalue weighted by atomic mass is 32.1. The predicted octanol–water partition coefficient (Wildman–Crippen LogP) is 3.20. The highest BCUT2D eigenvalue weighted by Crippen LogP contribution is 2.38. The van der Waals surface area contributed by atoms with E-state index < -0.39 is 0 Å². The molecule has 1 aliphatic rings. The summed E-state index contributed by atoms with van der Waals surface area (Å²) in [5.41, 5.74) is 1.79. The van der Waals surface area contributed by atoms with Gasteiger partial charge in [0.2, 0.25) is 5.91 Å². The smallest absolute Gasteiger partial charge is 0.229 e. The van der Waals surface area contributed by atoms with Gasteiger partial charge in [0.05, 0.1) is 11.6 Å². The van der Waals surface area contributed by atoms with Gasteiger partial charge in [0, 0.05) is 23.4 Å². The second-order valence-electron chi connectivity index (χ2n) is 5.43. The first kappa shape index (κ1) is 13.8. The Balaban J connectivity index is 1.61. The molecule has 0 aliphatic heterocycles. The number of carbonyl (C=O) groups excluding carboxylic acids is 1. The minimum atomic E-state index is 0.0850. The van der Waals surface area contributed by atoms with E-state index in [1.165, 1.54) is 11.3 Å². The van der Waals surface area contributed by atoms with Gasteiger partial charge in [-0.05, 0) is 30.0 Å². The molecule has 0 saturated heterocycles. The molecular weight excluding hydrogens is 282 g/mol. The average Bonchev–Trinajstić information content (AvgIpc) is 3.07. The largest absolute Gasteiger partial charge is 0.302 e. The summed E-state index contributed by atoms with van der Waals surface area (Å²) in [6, 6.07) is 9.63. The highest BCUT2D eigenvalue weighted by Gasteiger charge is 2.39. The van der Waals surface area contributed by atoms with Crippen molar-refractivity contribution in [2.24, 2.45) is 11.8 Å². The van der Waals surface area contributed by atoms with Crippen LogP contribution in [0.3, 0.4) is 0 Å². The molecule has 2 unspecified atom stereocenters. The fraction of sp³-hybridized carbons (Fsp3) is 0.312. The Labute approximate surface area is 127 Å². The van der Waals surface area contributed by atoms with Crippen molar-refractivity contribution in [2.75, 3.05) is 5.32 Å². The molecule has 1 aliphatic carbocycles. The normalized spacial score (nSPS) is 19.8. The molecule has 1 aromatic heterocycles. The number of hydrogen-bond acceptors (Lipinski definition) is 4. The van der Waals surface area contributed by atoms with Crippen molar-refractivity contribution >= 4 is 22.4 Å². The van der Waals surface area contributed by atoms with Crippen molar-refractivity contribution in [1.82, 2.24) is 4.98 Å². The number of benzene rings is 1. The summed E-state index contributed by atoms with van der Waals surface area (Å²) in [5.74, 6) is 0.751. The van der Waals surface area contributed by atoms with E-state index in [0.717, 1.165) is 23.3 Å². The summed E-state index contributed by atoms with van der Waals surface area (Å²) in [6.45, 7) is 2.09. The maximum atomic E-state index is 11.8. The van der Waals surface area contributed by atoms with Gasteiger partial charge in [-0.3, -0.25) is 4.79 Å². The summed E-state index contributed by atoms with van der Waals surface area (Å²) in [7, 11) is 0. The van der Waals surface area contributed by atoms with Gasteiger partial charge in [0.25, 0.3) is 0 Å². The number of carbonyl (C=O) groups is 1. The molecule has 21 heavy (non-hydrogen) atoms. The van der Waals surface area contributed by atoms with Gasteiger partial charge in [0.15, 0.2) is 5.13 Å². The van der Waals surface area contributed by atoms with Gasteiger partial charge >= 0.3 is 0 Å². The van der Waals surface area contributed by atoms with Crippen LogP contribution in [0.1, 0.15) is 29.3 Å². The number of thiazole rings is 1. The average molecular weight is 297 g/mol. The molecule has 3 rings (SSSR count). The minimum absolute atomic E-state index is 0.0850. The van der Waals surface area contributed by atoms with Crippen LogP contribution < -0.4 is 5.32 Å². The van der Waals surface area contributed by atoms with Crippen LogP contribution >= 0.6 is 11.3 Å². The summed E-state index contributed by atoms with van der Waals surface area (Å²) in [4.78, 5) is 17.2.